The number of carbonyl (C=O) groups excluding carboxylic acids is 1. The number of amides is 1. The smallest absolute Gasteiger partial charge is 0.321 e. The minimum absolute atomic E-state index is 0.138. The summed E-state index contributed by atoms with van der Waals surface area (Å²) < 4.78 is 0.752. The molecular formula is C12H10BrN3O3. The van der Waals surface area contributed by atoms with Gasteiger partial charge in [0.1, 0.15) is 0 Å². The van der Waals surface area contributed by atoms with Crippen molar-refractivity contribution in [3.63, 3.8) is 0 Å². The van der Waals surface area contributed by atoms with E-state index in [1.165, 1.54) is 12.1 Å². The second-order valence-electron chi connectivity index (χ2n) is 3.95. The zero-order valence-corrected chi connectivity index (χ0v) is 11.5. The van der Waals surface area contributed by atoms with Gasteiger partial charge in [0.2, 0.25) is 0 Å². The normalized spacial score (nSPS) is 10.2. The Labute approximate surface area is 117 Å². The molecule has 0 saturated carbocycles. The van der Waals surface area contributed by atoms with Gasteiger partial charge in [-0.05, 0) is 51.5 Å². The van der Waals surface area contributed by atoms with E-state index >= 15 is 0 Å². The van der Waals surface area contributed by atoms with Crippen molar-refractivity contribution in [3.05, 3.63) is 56.2 Å². The van der Waals surface area contributed by atoms with Gasteiger partial charge in [-0.15, -0.1) is 0 Å². The molecule has 19 heavy (non-hydrogen) atoms. The Morgan fingerprint density at radius 2 is 2.11 bits per heavy atom. The summed E-state index contributed by atoms with van der Waals surface area (Å²) in [5, 5.41) is 13.2. The molecule has 0 saturated heterocycles. The van der Waals surface area contributed by atoms with Gasteiger partial charge in [0.15, 0.2) is 5.69 Å². The average Bonchev–Trinajstić information content (AvgIpc) is 2.82. The van der Waals surface area contributed by atoms with Gasteiger partial charge in [0, 0.05) is 10.5 Å². The molecule has 0 radical (unpaired) electrons. The van der Waals surface area contributed by atoms with E-state index in [1.54, 1.807) is 6.07 Å². The van der Waals surface area contributed by atoms with Crippen molar-refractivity contribution in [1.29, 1.82) is 0 Å². The summed E-state index contributed by atoms with van der Waals surface area (Å²) in [4.78, 5) is 24.3. The number of H-pyrrole nitrogens is 1. The van der Waals surface area contributed by atoms with Gasteiger partial charge in [-0.1, -0.05) is 6.07 Å². The van der Waals surface area contributed by atoms with Gasteiger partial charge in [-0.25, -0.2) is 4.98 Å². The van der Waals surface area contributed by atoms with Gasteiger partial charge in [0.05, 0.1) is 5.69 Å². The fourth-order valence-corrected chi connectivity index (χ4v) is 2.13. The fraction of sp³-hybridized carbons (Fsp3) is 0.0833. The first kappa shape index (κ1) is 13.3. The molecule has 0 unspecified atom stereocenters. The standard InChI is InChI=1S/C12H10BrN3O3/c1-7-2-3-9(8(13)6-7)15-12(17)10-4-5-11(14-10)16(18)19/h2-6,14H,1H3,(H,15,17). The van der Waals surface area contributed by atoms with Crippen LogP contribution in [0.5, 0.6) is 0 Å². The molecule has 0 spiro atoms. The predicted octanol–water partition coefficient (Wildman–Crippen LogP) is 3.25. The molecule has 0 bridgehead atoms. The van der Waals surface area contributed by atoms with E-state index in [2.05, 4.69) is 26.2 Å². The van der Waals surface area contributed by atoms with Crippen molar-refractivity contribution in [2.75, 3.05) is 5.32 Å². The van der Waals surface area contributed by atoms with Crippen LogP contribution in [0.3, 0.4) is 0 Å². The molecule has 0 atom stereocenters. The van der Waals surface area contributed by atoms with Crippen LogP contribution >= 0.6 is 15.9 Å². The number of rotatable bonds is 3. The second-order valence-corrected chi connectivity index (χ2v) is 4.81. The number of nitro groups is 1. The van der Waals surface area contributed by atoms with Crippen LogP contribution in [0.1, 0.15) is 16.1 Å². The highest BCUT2D eigenvalue weighted by Gasteiger charge is 2.16. The van der Waals surface area contributed by atoms with Crippen LogP contribution in [0.25, 0.3) is 0 Å². The maximum atomic E-state index is 11.9. The first-order valence-corrected chi connectivity index (χ1v) is 6.17. The van der Waals surface area contributed by atoms with Crippen LogP contribution in [0, 0.1) is 17.0 Å². The highest BCUT2D eigenvalue weighted by atomic mass is 79.9. The maximum Gasteiger partial charge on any atom is 0.321 e. The van der Waals surface area contributed by atoms with E-state index in [1.807, 2.05) is 19.1 Å². The molecule has 98 valence electrons. The van der Waals surface area contributed by atoms with Gasteiger partial charge in [-0.2, -0.15) is 0 Å². The van der Waals surface area contributed by atoms with Gasteiger partial charge >= 0.3 is 5.82 Å². The largest absolute Gasteiger partial charge is 0.358 e. The Bertz CT molecular complexity index is 651. The van der Waals surface area contributed by atoms with Crippen LogP contribution in [-0.2, 0) is 0 Å². The molecule has 1 aromatic heterocycles. The molecule has 6 nitrogen and oxygen atoms in total. The average molecular weight is 324 g/mol. The maximum absolute atomic E-state index is 11.9. The van der Waals surface area contributed by atoms with E-state index < -0.39 is 10.8 Å². The number of aromatic amines is 1. The van der Waals surface area contributed by atoms with E-state index in [-0.39, 0.29) is 11.5 Å². The Hall–Kier alpha value is -2.15. The minimum Gasteiger partial charge on any atom is -0.358 e. The molecule has 1 heterocycles. The van der Waals surface area contributed by atoms with E-state index in [0.717, 1.165) is 10.0 Å². The number of hydrogen-bond donors (Lipinski definition) is 2. The van der Waals surface area contributed by atoms with Crippen LogP contribution < -0.4 is 5.32 Å². The SMILES string of the molecule is Cc1ccc(NC(=O)c2ccc([N+](=O)[O-])[nH]2)c(Br)c1. The molecule has 2 N–H and O–H groups in total. The van der Waals surface area contributed by atoms with Crippen LogP contribution in [0.2, 0.25) is 0 Å². The Kier molecular flexibility index (Phi) is 3.66. The van der Waals surface area contributed by atoms with Crippen LogP contribution in [0.4, 0.5) is 11.5 Å². The predicted molar refractivity (Wildman–Crippen MR) is 74.3 cm³/mol. The van der Waals surface area contributed by atoms with E-state index in [0.29, 0.717) is 5.69 Å². The molecule has 2 aromatic rings. The number of carbonyl (C=O) groups is 1. The fourth-order valence-electron chi connectivity index (χ4n) is 1.53. The second kappa shape index (κ2) is 5.23. The van der Waals surface area contributed by atoms with Crippen molar-refractivity contribution in [2.24, 2.45) is 0 Å². The summed E-state index contributed by atoms with van der Waals surface area (Å²) in [5.41, 5.74) is 1.80. The molecule has 0 aliphatic heterocycles. The quantitative estimate of drug-likeness (QED) is 0.671. The summed E-state index contributed by atoms with van der Waals surface area (Å²) in [6, 6.07) is 8.10. The van der Waals surface area contributed by atoms with E-state index in [4.69, 9.17) is 0 Å². The third kappa shape index (κ3) is 3.00. The third-order valence-electron chi connectivity index (χ3n) is 2.48. The number of aryl methyl sites for hydroxylation is 1. The summed E-state index contributed by atoms with van der Waals surface area (Å²) in [6.45, 7) is 1.94. The van der Waals surface area contributed by atoms with Crippen molar-refractivity contribution >= 4 is 33.3 Å². The number of aromatic nitrogens is 1. The van der Waals surface area contributed by atoms with Crippen LogP contribution in [-0.4, -0.2) is 15.8 Å². The molecule has 7 heteroatoms. The Morgan fingerprint density at radius 1 is 1.37 bits per heavy atom. The number of benzene rings is 1. The van der Waals surface area contributed by atoms with Gasteiger partial charge < -0.3 is 15.4 Å². The summed E-state index contributed by atoms with van der Waals surface area (Å²) >= 11 is 3.34. The lowest BCUT2D eigenvalue weighted by Gasteiger charge is -2.06. The van der Waals surface area contributed by atoms with Crippen LogP contribution in [0.15, 0.2) is 34.8 Å². The van der Waals surface area contributed by atoms with E-state index in [9.17, 15) is 14.9 Å². The van der Waals surface area contributed by atoms with Crippen molar-refractivity contribution in [1.82, 2.24) is 4.98 Å². The number of halogens is 1. The topological polar surface area (TPSA) is 88.0 Å². The molecule has 0 aliphatic rings. The first-order chi connectivity index (χ1) is 8.97. The molecular weight excluding hydrogens is 314 g/mol. The number of nitrogens with one attached hydrogen (secondary N) is 2. The molecule has 2 rings (SSSR count). The Morgan fingerprint density at radius 3 is 2.68 bits per heavy atom. The monoisotopic (exact) mass is 323 g/mol. The van der Waals surface area contributed by atoms with Gasteiger partial charge in [-0.3, -0.25) is 4.79 Å². The lowest BCUT2D eigenvalue weighted by Crippen LogP contribution is -2.12. The summed E-state index contributed by atoms with van der Waals surface area (Å²) in [7, 11) is 0. The summed E-state index contributed by atoms with van der Waals surface area (Å²) in [5.74, 6) is -0.647. The molecule has 0 aliphatic carbocycles. The van der Waals surface area contributed by atoms with Gasteiger partial charge in [0.25, 0.3) is 5.91 Å². The lowest BCUT2D eigenvalue weighted by atomic mass is 10.2. The third-order valence-corrected chi connectivity index (χ3v) is 3.14. The molecule has 1 amide bonds. The minimum atomic E-state index is -0.585. The Balaban J connectivity index is 2.18. The zero-order chi connectivity index (χ0) is 14.0. The lowest BCUT2D eigenvalue weighted by molar-refractivity contribution is -0.389. The summed E-state index contributed by atoms with van der Waals surface area (Å²) in [6.07, 6.45) is 0. The zero-order valence-electron chi connectivity index (χ0n) is 9.94. The highest BCUT2D eigenvalue weighted by Crippen LogP contribution is 2.24. The number of hydrogen-bond acceptors (Lipinski definition) is 3. The van der Waals surface area contributed by atoms with Crippen molar-refractivity contribution in [3.8, 4) is 0 Å². The first-order valence-electron chi connectivity index (χ1n) is 5.38. The number of anilines is 1. The number of nitrogens with zero attached hydrogens (tertiary/aromatic N) is 1. The molecule has 0 fully saturated rings. The highest BCUT2D eigenvalue weighted by molar-refractivity contribution is 9.10. The van der Waals surface area contributed by atoms with Crippen molar-refractivity contribution in [2.45, 2.75) is 6.92 Å². The van der Waals surface area contributed by atoms with Crippen molar-refractivity contribution < 1.29 is 9.72 Å². The molecule has 1 aromatic carbocycles.